The van der Waals surface area contributed by atoms with Crippen molar-refractivity contribution in [1.29, 1.82) is 0 Å². The van der Waals surface area contributed by atoms with Crippen LogP contribution in [0.5, 0.6) is 0 Å². The van der Waals surface area contributed by atoms with E-state index in [2.05, 4.69) is 10.1 Å². The van der Waals surface area contributed by atoms with Gasteiger partial charge in [0.15, 0.2) is 0 Å². The van der Waals surface area contributed by atoms with Gasteiger partial charge in [-0.2, -0.15) is 5.10 Å². The lowest BCUT2D eigenvalue weighted by molar-refractivity contribution is 0.0137. The number of hydrogen-bond acceptors (Lipinski definition) is 6. The first-order chi connectivity index (χ1) is 12.5. The van der Waals surface area contributed by atoms with Gasteiger partial charge in [-0.25, -0.2) is 18.4 Å². The maximum Gasteiger partial charge on any atom is 0.137 e. The summed E-state index contributed by atoms with van der Waals surface area (Å²) in [5.41, 5.74) is -1.52. The lowest BCUT2D eigenvalue weighted by Gasteiger charge is -2.34. The van der Waals surface area contributed by atoms with Gasteiger partial charge in [-0.3, -0.25) is 0 Å². The first kappa shape index (κ1) is 19.6. The first-order valence-electron chi connectivity index (χ1n) is 8.39. The topological polar surface area (TPSA) is 60.2 Å². The summed E-state index contributed by atoms with van der Waals surface area (Å²) in [5.74, 6) is -0.646. The highest BCUT2D eigenvalue weighted by atomic mass is 33.1. The zero-order valence-corrected chi connectivity index (χ0v) is 16.0. The van der Waals surface area contributed by atoms with Gasteiger partial charge < -0.3 is 9.84 Å². The van der Waals surface area contributed by atoms with E-state index in [-0.39, 0.29) is 23.5 Å². The SMILES string of the molecule is CC(SSCC1CCCO1)C(O)(Cn1cncn1)c1ccc(F)cc1F. The summed E-state index contributed by atoms with van der Waals surface area (Å²) < 4.78 is 34.8. The van der Waals surface area contributed by atoms with E-state index >= 15 is 0 Å². The van der Waals surface area contributed by atoms with Gasteiger partial charge in [0.2, 0.25) is 0 Å². The minimum Gasteiger partial charge on any atom is -0.382 e. The summed E-state index contributed by atoms with van der Waals surface area (Å²) in [6, 6.07) is 3.24. The van der Waals surface area contributed by atoms with Gasteiger partial charge in [0.1, 0.15) is 29.9 Å². The Bertz CT molecular complexity index is 714. The summed E-state index contributed by atoms with van der Waals surface area (Å²) >= 11 is 0. The third-order valence-corrected chi connectivity index (χ3v) is 7.44. The third-order valence-electron chi connectivity index (χ3n) is 4.43. The average Bonchev–Trinajstić information content (AvgIpc) is 3.28. The van der Waals surface area contributed by atoms with Gasteiger partial charge in [-0.1, -0.05) is 27.7 Å². The molecule has 0 radical (unpaired) electrons. The molecule has 0 saturated carbocycles. The zero-order valence-electron chi connectivity index (χ0n) is 14.3. The van der Waals surface area contributed by atoms with Gasteiger partial charge in [0, 0.05) is 29.2 Å². The predicted octanol–water partition coefficient (Wildman–Crippen LogP) is 3.39. The summed E-state index contributed by atoms with van der Waals surface area (Å²) in [6.07, 6.45) is 5.15. The molecule has 9 heteroatoms. The Morgan fingerprint density at radius 3 is 2.96 bits per heavy atom. The highest BCUT2D eigenvalue weighted by Gasteiger charge is 2.40. The monoisotopic (exact) mass is 401 g/mol. The Morgan fingerprint density at radius 1 is 1.46 bits per heavy atom. The second-order valence-electron chi connectivity index (χ2n) is 6.30. The molecule has 3 atom stereocenters. The number of halogens is 2. The Hall–Kier alpha value is -1.16. The predicted molar refractivity (Wildman–Crippen MR) is 98.8 cm³/mol. The van der Waals surface area contributed by atoms with Gasteiger partial charge in [0.05, 0.1) is 12.6 Å². The van der Waals surface area contributed by atoms with Crippen molar-refractivity contribution in [3.05, 3.63) is 48.1 Å². The number of benzene rings is 1. The molecule has 3 rings (SSSR count). The molecule has 1 aromatic heterocycles. The zero-order chi connectivity index (χ0) is 18.6. The molecule has 1 saturated heterocycles. The first-order valence-corrected chi connectivity index (χ1v) is 10.8. The van der Waals surface area contributed by atoms with Gasteiger partial charge in [-0.15, -0.1) is 0 Å². The largest absolute Gasteiger partial charge is 0.382 e. The number of ether oxygens (including phenoxy) is 1. The van der Waals surface area contributed by atoms with Crippen LogP contribution in [0.1, 0.15) is 25.3 Å². The molecule has 2 heterocycles. The molecule has 1 fully saturated rings. The van der Waals surface area contributed by atoms with Crippen molar-refractivity contribution >= 4 is 21.6 Å². The van der Waals surface area contributed by atoms with E-state index in [1.807, 2.05) is 6.92 Å². The second kappa shape index (κ2) is 8.69. The van der Waals surface area contributed by atoms with E-state index < -0.39 is 17.2 Å². The number of rotatable bonds is 8. The Morgan fingerprint density at radius 2 is 2.31 bits per heavy atom. The van der Waals surface area contributed by atoms with Crippen LogP contribution in [0.4, 0.5) is 8.78 Å². The minimum atomic E-state index is -1.57. The number of aromatic nitrogens is 3. The van der Waals surface area contributed by atoms with E-state index in [1.54, 1.807) is 10.8 Å². The molecule has 26 heavy (non-hydrogen) atoms. The van der Waals surface area contributed by atoms with Crippen LogP contribution in [0.25, 0.3) is 0 Å². The fourth-order valence-corrected chi connectivity index (χ4v) is 5.75. The van der Waals surface area contributed by atoms with Gasteiger partial charge in [-0.05, 0) is 25.8 Å². The maximum atomic E-state index is 14.4. The Labute approximate surface area is 158 Å². The van der Waals surface area contributed by atoms with Crippen LogP contribution in [0, 0.1) is 11.6 Å². The number of nitrogens with zero attached hydrogens (tertiary/aromatic N) is 3. The lowest BCUT2D eigenvalue weighted by atomic mass is 9.90. The third kappa shape index (κ3) is 4.57. The van der Waals surface area contributed by atoms with Crippen molar-refractivity contribution in [3.8, 4) is 0 Å². The number of hydrogen-bond donors (Lipinski definition) is 1. The highest BCUT2D eigenvalue weighted by molar-refractivity contribution is 8.77. The molecule has 3 unspecified atom stereocenters. The van der Waals surface area contributed by atoms with E-state index in [0.717, 1.165) is 37.3 Å². The van der Waals surface area contributed by atoms with Crippen LogP contribution in [0.3, 0.4) is 0 Å². The van der Waals surface area contributed by atoms with Crippen LogP contribution in [0.2, 0.25) is 0 Å². The van der Waals surface area contributed by atoms with Crippen molar-refractivity contribution in [3.63, 3.8) is 0 Å². The molecule has 0 spiro atoms. The van der Waals surface area contributed by atoms with Crippen LogP contribution in [0.15, 0.2) is 30.9 Å². The molecule has 1 aliphatic heterocycles. The molecular weight excluding hydrogens is 380 g/mol. The van der Waals surface area contributed by atoms with E-state index in [1.165, 1.54) is 34.2 Å². The van der Waals surface area contributed by atoms with Crippen molar-refractivity contribution in [2.24, 2.45) is 0 Å². The lowest BCUT2D eigenvalue weighted by Crippen LogP contribution is -2.41. The van der Waals surface area contributed by atoms with E-state index in [4.69, 9.17) is 4.74 Å². The molecule has 0 bridgehead atoms. The van der Waals surface area contributed by atoms with Crippen LogP contribution < -0.4 is 0 Å². The smallest absolute Gasteiger partial charge is 0.137 e. The molecule has 1 aromatic carbocycles. The fourth-order valence-electron chi connectivity index (χ4n) is 2.91. The van der Waals surface area contributed by atoms with E-state index in [0.29, 0.717) is 0 Å². The normalized spacial score (nSPS) is 20.8. The van der Waals surface area contributed by atoms with Crippen LogP contribution >= 0.6 is 21.6 Å². The standard InChI is InChI=1S/C17H21F2N3O2S2/c1-12(26-25-8-14-3-2-6-24-14)17(23,9-22-11-20-10-21-22)15-5-4-13(18)7-16(15)19/h4-5,7,10-12,14,23H,2-3,6,8-9H2,1H3. The van der Waals surface area contributed by atoms with Crippen LogP contribution in [-0.2, 0) is 16.9 Å². The number of aliphatic hydroxyl groups is 1. The summed E-state index contributed by atoms with van der Waals surface area (Å²) in [7, 11) is 3.06. The second-order valence-corrected chi connectivity index (χ2v) is 9.05. The molecule has 0 amide bonds. The van der Waals surface area contributed by atoms with Gasteiger partial charge in [0.25, 0.3) is 0 Å². The summed E-state index contributed by atoms with van der Waals surface area (Å²) in [5, 5.41) is 15.0. The van der Waals surface area contributed by atoms with Crippen molar-refractivity contribution in [2.75, 3.05) is 12.4 Å². The molecule has 0 aliphatic carbocycles. The molecule has 1 N–H and O–H groups in total. The molecule has 2 aromatic rings. The molecule has 5 nitrogen and oxygen atoms in total. The van der Waals surface area contributed by atoms with E-state index in [9.17, 15) is 13.9 Å². The molecule has 1 aliphatic rings. The fraction of sp³-hybridized carbons (Fsp3) is 0.529. The highest BCUT2D eigenvalue weighted by Crippen LogP contribution is 2.41. The van der Waals surface area contributed by atoms with Crippen molar-refractivity contribution in [1.82, 2.24) is 14.8 Å². The van der Waals surface area contributed by atoms with Crippen molar-refractivity contribution in [2.45, 2.75) is 43.3 Å². The minimum absolute atomic E-state index is 0.0181. The summed E-state index contributed by atoms with van der Waals surface area (Å²) in [4.78, 5) is 3.87. The molecular formula is C17H21F2N3O2S2. The van der Waals surface area contributed by atoms with Crippen LogP contribution in [-0.4, -0.2) is 43.6 Å². The van der Waals surface area contributed by atoms with Gasteiger partial charge >= 0.3 is 0 Å². The summed E-state index contributed by atoms with van der Waals surface area (Å²) in [6.45, 7) is 2.64. The molecule has 142 valence electrons. The van der Waals surface area contributed by atoms with Crippen molar-refractivity contribution < 1.29 is 18.6 Å². The average molecular weight is 402 g/mol. The Balaban J connectivity index is 1.77. The quantitative estimate of drug-likeness (QED) is 0.684. The Kier molecular flexibility index (Phi) is 6.55. The maximum absolute atomic E-state index is 14.4.